The van der Waals surface area contributed by atoms with Crippen molar-refractivity contribution in [1.29, 1.82) is 0 Å². The Morgan fingerprint density at radius 2 is 1.87 bits per heavy atom. The lowest BCUT2D eigenvalue weighted by atomic mass is 10.0. The van der Waals surface area contributed by atoms with Gasteiger partial charge in [-0.2, -0.15) is 0 Å². The molecule has 1 aliphatic rings. The largest absolute Gasteiger partial charge is 0.350 e. The van der Waals surface area contributed by atoms with Crippen LogP contribution in [0.15, 0.2) is 0 Å². The van der Waals surface area contributed by atoms with E-state index in [1.165, 1.54) is 12.8 Å². The molecule has 90 valence electrons. The zero-order valence-corrected chi connectivity index (χ0v) is 10.3. The molecule has 1 atom stereocenters. The minimum atomic E-state index is 0.0289. The third-order valence-corrected chi connectivity index (χ3v) is 2.75. The average Bonchev–Trinajstić information content (AvgIpc) is 2.67. The van der Waals surface area contributed by atoms with Gasteiger partial charge in [0.05, 0.1) is 13.2 Å². The molecule has 0 amide bonds. The predicted octanol–water partition coefficient (Wildman–Crippen LogP) is 2.16. The van der Waals surface area contributed by atoms with E-state index < -0.39 is 0 Å². The Morgan fingerprint density at radius 1 is 1.20 bits per heavy atom. The minimum Gasteiger partial charge on any atom is -0.350 e. The van der Waals surface area contributed by atoms with E-state index in [2.05, 4.69) is 26.1 Å². The first-order chi connectivity index (χ1) is 7.22. The molecule has 1 heterocycles. The first kappa shape index (κ1) is 12.9. The van der Waals surface area contributed by atoms with Gasteiger partial charge in [-0.15, -0.1) is 0 Å². The second-order valence-electron chi connectivity index (χ2n) is 4.63. The summed E-state index contributed by atoms with van der Waals surface area (Å²) in [5, 5.41) is 3.50. The molecule has 0 aromatic carbocycles. The molecule has 1 N–H and O–H groups in total. The summed E-state index contributed by atoms with van der Waals surface area (Å²) >= 11 is 0. The van der Waals surface area contributed by atoms with Gasteiger partial charge in [-0.1, -0.05) is 20.8 Å². The molecule has 1 saturated heterocycles. The number of hydrogen-bond acceptors (Lipinski definition) is 3. The van der Waals surface area contributed by atoms with E-state index in [0.29, 0.717) is 6.04 Å². The van der Waals surface area contributed by atoms with E-state index in [0.717, 1.165) is 32.1 Å². The SMILES string of the molecule is CCNC(CCC(C)C)CC1OCCO1. The standard InChI is InChI=1S/C12H25NO2/c1-4-13-11(6-5-10(2)3)9-12-14-7-8-15-12/h10-13H,4-9H2,1-3H3. The molecule has 0 aromatic heterocycles. The number of rotatable bonds is 7. The molecule has 1 aliphatic heterocycles. The molecule has 0 spiro atoms. The molecule has 3 nitrogen and oxygen atoms in total. The van der Waals surface area contributed by atoms with Crippen molar-refractivity contribution >= 4 is 0 Å². The normalized spacial score (nSPS) is 20.0. The van der Waals surface area contributed by atoms with Crippen LogP contribution in [0.5, 0.6) is 0 Å². The van der Waals surface area contributed by atoms with Crippen molar-refractivity contribution in [3.63, 3.8) is 0 Å². The van der Waals surface area contributed by atoms with Crippen molar-refractivity contribution in [3.05, 3.63) is 0 Å². The molecule has 1 fully saturated rings. The molecule has 0 saturated carbocycles. The highest BCUT2D eigenvalue weighted by molar-refractivity contribution is 4.70. The molecule has 0 aliphatic carbocycles. The van der Waals surface area contributed by atoms with Crippen LogP contribution >= 0.6 is 0 Å². The summed E-state index contributed by atoms with van der Waals surface area (Å²) in [6.45, 7) is 9.23. The fraction of sp³-hybridized carbons (Fsp3) is 1.00. The van der Waals surface area contributed by atoms with E-state index in [1.807, 2.05) is 0 Å². The minimum absolute atomic E-state index is 0.0289. The molecular formula is C12H25NO2. The number of hydrogen-bond donors (Lipinski definition) is 1. The Morgan fingerprint density at radius 3 is 2.40 bits per heavy atom. The van der Waals surface area contributed by atoms with E-state index in [9.17, 15) is 0 Å². The lowest BCUT2D eigenvalue weighted by molar-refractivity contribution is -0.0533. The molecule has 1 unspecified atom stereocenters. The summed E-state index contributed by atoms with van der Waals surface area (Å²) in [5.74, 6) is 0.775. The van der Waals surface area contributed by atoms with Gasteiger partial charge in [0.25, 0.3) is 0 Å². The highest BCUT2D eigenvalue weighted by atomic mass is 16.7. The fourth-order valence-electron chi connectivity index (χ4n) is 1.90. The van der Waals surface area contributed by atoms with Crippen LogP contribution in [0.1, 0.15) is 40.0 Å². The van der Waals surface area contributed by atoms with Gasteiger partial charge in [0.2, 0.25) is 0 Å². The fourth-order valence-corrected chi connectivity index (χ4v) is 1.90. The first-order valence-electron chi connectivity index (χ1n) is 6.19. The maximum atomic E-state index is 5.47. The van der Waals surface area contributed by atoms with Crippen LogP contribution in [0.3, 0.4) is 0 Å². The van der Waals surface area contributed by atoms with Crippen LogP contribution in [0, 0.1) is 5.92 Å². The smallest absolute Gasteiger partial charge is 0.159 e. The van der Waals surface area contributed by atoms with Gasteiger partial charge < -0.3 is 14.8 Å². The van der Waals surface area contributed by atoms with Gasteiger partial charge in [-0.25, -0.2) is 0 Å². The van der Waals surface area contributed by atoms with Gasteiger partial charge in [0.1, 0.15) is 0 Å². The molecule has 0 bridgehead atoms. The van der Waals surface area contributed by atoms with E-state index in [1.54, 1.807) is 0 Å². The van der Waals surface area contributed by atoms with Gasteiger partial charge in [-0.3, -0.25) is 0 Å². The maximum absolute atomic E-state index is 5.47. The monoisotopic (exact) mass is 215 g/mol. The van der Waals surface area contributed by atoms with E-state index in [-0.39, 0.29) is 6.29 Å². The summed E-state index contributed by atoms with van der Waals surface area (Å²) in [6.07, 6.45) is 3.50. The van der Waals surface area contributed by atoms with E-state index >= 15 is 0 Å². The van der Waals surface area contributed by atoms with E-state index in [4.69, 9.17) is 9.47 Å². The summed E-state index contributed by atoms with van der Waals surface area (Å²) in [5.41, 5.74) is 0. The Bertz CT molecular complexity index is 156. The topological polar surface area (TPSA) is 30.5 Å². The zero-order valence-electron chi connectivity index (χ0n) is 10.3. The van der Waals surface area contributed by atoms with Gasteiger partial charge >= 0.3 is 0 Å². The van der Waals surface area contributed by atoms with Crippen molar-refractivity contribution in [3.8, 4) is 0 Å². The summed E-state index contributed by atoms with van der Waals surface area (Å²) in [6, 6.07) is 0.542. The molecule has 1 rings (SSSR count). The lowest BCUT2D eigenvalue weighted by Gasteiger charge is -2.21. The third kappa shape index (κ3) is 5.50. The Balaban J connectivity index is 2.22. The molecular weight excluding hydrogens is 190 g/mol. The lowest BCUT2D eigenvalue weighted by Crippen LogP contribution is -2.33. The number of nitrogens with one attached hydrogen (secondary N) is 1. The van der Waals surface area contributed by atoms with Gasteiger partial charge in [0.15, 0.2) is 6.29 Å². The second kappa shape index (κ2) is 7.20. The van der Waals surface area contributed by atoms with Crippen LogP contribution in [0.25, 0.3) is 0 Å². The van der Waals surface area contributed by atoms with Crippen molar-refractivity contribution in [2.24, 2.45) is 5.92 Å². The van der Waals surface area contributed by atoms with Crippen LogP contribution in [0.4, 0.5) is 0 Å². The zero-order chi connectivity index (χ0) is 11.1. The Hall–Kier alpha value is -0.120. The average molecular weight is 215 g/mol. The third-order valence-electron chi connectivity index (χ3n) is 2.75. The summed E-state index contributed by atoms with van der Waals surface area (Å²) in [4.78, 5) is 0. The Labute approximate surface area is 93.5 Å². The summed E-state index contributed by atoms with van der Waals surface area (Å²) < 4.78 is 10.9. The van der Waals surface area contributed by atoms with Gasteiger partial charge in [-0.05, 0) is 25.3 Å². The first-order valence-corrected chi connectivity index (χ1v) is 6.19. The molecule has 15 heavy (non-hydrogen) atoms. The van der Waals surface area contributed by atoms with Crippen LogP contribution in [-0.2, 0) is 9.47 Å². The highest BCUT2D eigenvalue weighted by Crippen LogP contribution is 2.15. The van der Waals surface area contributed by atoms with Crippen LogP contribution < -0.4 is 5.32 Å². The van der Waals surface area contributed by atoms with Crippen molar-refractivity contribution in [1.82, 2.24) is 5.32 Å². The second-order valence-corrected chi connectivity index (χ2v) is 4.63. The predicted molar refractivity (Wildman–Crippen MR) is 61.8 cm³/mol. The quantitative estimate of drug-likeness (QED) is 0.706. The van der Waals surface area contributed by atoms with Crippen molar-refractivity contribution in [2.45, 2.75) is 52.4 Å². The molecule has 3 heteroatoms. The van der Waals surface area contributed by atoms with Crippen LogP contribution in [0.2, 0.25) is 0 Å². The number of ether oxygens (including phenoxy) is 2. The summed E-state index contributed by atoms with van der Waals surface area (Å²) in [7, 11) is 0. The Kier molecular flexibility index (Phi) is 6.22. The molecule has 0 aromatic rings. The van der Waals surface area contributed by atoms with Gasteiger partial charge in [0, 0.05) is 12.5 Å². The van der Waals surface area contributed by atoms with Crippen LogP contribution in [-0.4, -0.2) is 32.1 Å². The maximum Gasteiger partial charge on any atom is 0.159 e. The van der Waals surface area contributed by atoms with Crippen molar-refractivity contribution < 1.29 is 9.47 Å². The molecule has 0 radical (unpaired) electrons. The van der Waals surface area contributed by atoms with Crippen molar-refractivity contribution in [2.75, 3.05) is 19.8 Å². The highest BCUT2D eigenvalue weighted by Gasteiger charge is 2.20.